The van der Waals surface area contributed by atoms with Gasteiger partial charge in [-0.15, -0.1) is 0 Å². The number of esters is 2. The van der Waals surface area contributed by atoms with Gasteiger partial charge in [0.15, 0.2) is 0 Å². The van der Waals surface area contributed by atoms with E-state index in [9.17, 15) is 14.4 Å². The second kappa shape index (κ2) is 5.66. The Morgan fingerprint density at radius 2 is 1.80 bits per heavy atom. The highest BCUT2D eigenvalue weighted by Gasteiger charge is 2.59. The van der Waals surface area contributed by atoms with E-state index in [0.717, 1.165) is 0 Å². The maximum Gasteiger partial charge on any atom is 0.374 e. The summed E-state index contributed by atoms with van der Waals surface area (Å²) in [4.78, 5) is 37.5. The van der Waals surface area contributed by atoms with E-state index >= 15 is 0 Å². The highest BCUT2D eigenvalue weighted by Crippen LogP contribution is 2.51. The lowest BCUT2D eigenvalue weighted by Gasteiger charge is -2.35. The number of amides is 1. The van der Waals surface area contributed by atoms with Gasteiger partial charge in [-0.05, 0) is 13.0 Å². The predicted molar refractivity (Wildman–Crippen MR) is 85.8 cm³/mol. The summed E-state index contributed by atoms with van der Waals surface area (Å²) in [5.41, 5.74) is 5.28. The lowest BCUT2D eigenvalue weighted by atomic mass is 9.68. The van der Waals surface area contributed by atoms with Gasteiger partial charge in [0.05, 0.1) is 14.2 Å². The van der Waals surface area contributed by atoms with Gasteiger partial charge in [-0.1, -0.05) is 18.2 Å². The van der Waals surface area contributed by atoms with Crippen LogP contribution in [0.1, 0.15) is 12.5 Å². The Hall–Kier alpha value is -3.29. The number of anilines is 1. The highest BCUT2D eigenvalue weighted by molar-refractivity contribution is 6.17. The largest absolute Gasteiger partial charge is 0.465 e. The van der Waals surface area contributed by atoms with Crippen molar-refractivity contribution >= 4 is 23.5 Å². The summed E-state index contributed by atoms with van der Waals surface area (Å²) in [6, 6.07) is 6.82. The number of methoxy groups -OCH3 is 2. The molecule has 3 rings (SSSR count). The zero-order chi connectivity index (χ0) is 18.4. The van der Waals surface area contributed by atoms with Gasteiger partial charge in [0.2, 0.25) is 17.5 Å². The molecule has 130 valence electrons. The summed E-state index contributed by atoms with van der Waals surface area (Å²) in [6.45, 7) is 1.52. The molecule has 1 aromatic rings. The van der Waals surface area contributed by atoms with Crippen molar-refractivity contribution in [2.24, 2.45) is 5.73 Å². The molecule has 0 saturated heterocycles. The summed E-state index contributed by atoms with van der Waals surface area (Å²) in [5.74, 6) is -2.78. The maximum absolute atomic E-state index is 13.0. The lowest BCUT2D eigenvalue weighted by molar-refractivity contribution is -0.142. The average molecular weight is 344 g/mol. The van der Waals surface area contributed by atoms with Gasteiger partial charge in [-0.25, -0.2) is 9.59 Å². The van der Waals surface area contributed by atoms with Crippen LogP contribution in [0.25, 0.3) is 0 Å². The van der Waals surface area contributed by atoms with Gasteiger partial charge in [-0.3, -0.25) is 4.79 Å². The van der Waals surface area contributed by atoms with Crippen molar-refractivity contribution in [2.75, 3.05) is 19.5 Å². The first-order valence-electron chi connectivity index (χ1n) is 7.36. The summed E-state index contributed by atoms with van der Waals surface area (Å²) in [7, 11) is 2.35. The van der Waals surface area contributed by atoms with Crippen LogP contribution in [0.15, 0.2) is 47.1 Å². The Kier molecular flexibility index (Phi) is 3.75. The van der Waals surface area contributed by atoms with E-state index in [1.807, 2.05) is 0 Å². The minimum absolute atomic E-state index is 0.178. The van der Waals surface area contributed by atoms with Crippen LogP contribution in [0.3, 0.4) is 0 Å². The number of nitrogens with two attached hydrogens (primary N) is 1. The normalized spacial score (nSPS) is 21.6. The van der Waals surface area contributed by atoms with Crippen LogP contribution in [0, 0.1) is 0 Å². The molecule has 1 atom stereocenters. The third-order valence-corrected chi connectivity index (χ3v) is 4.42. The lowest BCUT2D eigenvalue weighted by Crippen LogP contribution is -2.46. The van der Waals surface area contributed by atoms with E-state index in [4.69, 9.17) is 19.9 Å². The molecule has 8 heteroatoms. The van der Waals surface area contributed by atoms with E-state index < -0.39 is 23.3 Å². The zero-order valence-corrected chi connectivity index (χ0v) is 13.8. The molecule has 1 aromatic carbocycles. The van der Waals surface area contributed by atoms with Crippen molar-refractivity contribution in [3.8, 4) is 0 Å². The number of rotatable bonds is 2. The van der Waals surface area contributed by atoms with Gasteiger partial charge in [-0.2, -0.15) is 0 Å². The molecule has 0 aliphatic carbocycles. The topological polar surface area (TPSA) is 117 Å². The number of fused-ring (bicyclic) bond motifs is 2. The monoisotopic (exact) mass is 344 g/mol. The van der Waals surface area contributed by atoms with Crippen molar-refractivity contribution in [3.63, 3.8) is 0 Å². The van der Waals surface area contributed by atoms with E-state index in [-0.39, 0.29) is 22.8 Å². The first-order chi connectivity index (χ1) is 11.9. The Bertz CT molecular complexity index is 870. The van der Waals surface area contributed by atoms with Gasteiger partial charge in [0.25, 0.3) is 0 Å². The molecule has 1 unspecified atom stereocenters. The number of ether oxygens (including phenoxy) is 3. The smallest absolute Gasteiger partial charge is 0.374 e. The fraction of sp³-hybridized carbons (Fsp3) is 0.235. The minimum atomic E-state index is -1.63. The number of hydrogen-bond acceptors (Lipinski definition) is 7. The first kappa shape index (κ1) is 16.6. The third-order valence-electron chi connectivity index (χ3n) is 4.42. The molecule has 0 fully saturated rings. The molecular formula is C17H16N2O6. The first-order valence-corrected chi connectivity index (χ1v) is 7.36. The number of carbonyl (C=O) groups excluding carboxylic acids is 3. The van der Waals surface area contributed by atoms with Crippen LogP contribution in [-0.4, -0.2) is 32.1 Å². The van der Waals surface area contributed by atoms with Crippen LogP contribution < -0.4 is 11.1 Å². The zero-order valence-electron chi connectivity index (χ0n) is 13.8. The molecule has 0 aromatic heterocycles. The van der Waals surface area contributed by atoms with Gasteiger partial charge in [0, 0.05) is 16.8 Å². The molecule has 1 spiro atoms. The molecule has 0 radical (unpaired) electrons. The average Bonchev–Trinajstić information content (AvgIpc) is 2.90. The Morgan fingerprint density at radius 1 is 1.16 bits per heavy atom. The van der Waals surface area contributed by atoms with Crippen molar-refractivity contribution in [2.45, 2.75) is 12.3 Å². The van der Waals surface area contributed by atoms with Crippen LogP contribution in [-0.2, 0) is 34.0 Å². The van der Waals surface area contributed by atoms with Crippen molar-refractivity contribution in [1.29, 1.82) is 0 Å². The molecule has 3 N–H and O–H groups in total. The van der Waals surface area contributed by atoms with Gasteiger partial charge in [0.1, 0.15) is 11.0 Å². The van der Waals surface area contributed by atoms with E-state index in [1.165, 1.54) is 21.1 Å². The van der Waals surface area contributed by atoms with Crippen molar-refractivity contribution in [3.05, 3.63) is 52.6 Å². The van der Waals surface area contributed by atoms with Crippen molar-refractivity contribution < 1.29 is 28.6 Å². The van der Waals surface area contributed by atoms with Crippen LogP contribution in [0.2, 0.25) is 0 Å². The quantitative estimate of drug-likeness (QED) is 0.758. The third kappa shape index (κ3) is 2.03. The fourth-order valence-electron chi connectivity index (χ4n) is 3.30. The van der Waals surface area contributed by atoms with E-state index in [1.54, 1.807) is 24.3 Å². The predicted octanol–water partition coefficient (Wildman–Crippen LogP) is 0.697. The number of hydrogen-bond donors (Lipinski definition) is 2. The highest BCUT2D eigenvalue weighted by atomic mass is 16.6. The summed E-state index contributed by atoms with van der Waals surface area (Å²) in [6.07, 6.45) is 0. The number of nitrogens with one attached hydrogen (secondary N) is 1. The van der Waals surface area contributed by atoms with Crippen LogP contribution in [0.5, 0.6) is 0 Å². The Morgan fingerprint density at radius 3 is 2.44 bits per heavy atom. The Labute approximate surface area is 143 Å². The summed E-state index contributed by atoms with van der Waals surface area (Å²) < 4.78 is 14.8. The summed E-state index contributed by atoms with van der Waals surface area (Å²) >= 11 is 0. The molecule has 1 amide bonds. The maximum atomic E-state index is 13.0. The van der Waals surface area contributed by atoms with Crippen LogP contribution in [0.4, 0.5) is 5.69 Å². The molecule has 2 heterocycles. The molecule has 0 saturated carbocycles. The Balaban J connectivity index is 2.40. The molecule has 0 bridgehead atoms. The summed E-state index contributed by atoms with van der Waals surface area (Å²) in [5, 5.41) is 2.72. The fourth-order valence-corrected chi connectivity index (χ4v) is 3.30. The molecule has 25 heavy (non-hydrogen) atoms. The minimum Gasteiger partial charge on any atom is -0.465 e. The van der Waals surface area contributed by atoms with E-state index in [0.29, 0.717) is 11.3 Å². The second-order valence-electron chi connectivity index (χ2n) is 5.53. The standard InChI is InChI=1S/C17H16N2O6/c1-8-12(15(21)24-3)25-13(18)11(14(20)23-2)17(8)9-6-4-5-7-10(9)19-16(17)22/h4-7H,18H2,1-3H3,(H,19,22). The molecule has 2 aliphatic rings. The SMILES string of the molecule is COC(=O)C1=C(C)C2(C(=O)Nc3ccccc32)C(C(=O)OC)=C(N)O1. The van der Waals surface area contributed by atoms with Crippen molar-refractivity contribution in [1.82, 2.24) is 0 Å². The molecule has 8 nitrogen and oxygen atoms in total. The number of para-hydroxylation sites is 1. The molecular weight excluding hydrogens is 328 g/mol. The van der Waals surface area contributed by atoms with Gasteiger partial charge >= 0.3 is 11.9 Å². The molecule has 2 aliphatic heterocycles. The second-order valence-corrected chi connectivity index (χ2v) is 5.53. The number of carbonyl (C=O) groups is 3. The van der Waals surface area contributed by atoms with Gasteiger partial charge < -0.3 is 25.3 Å². The van der Waals surface area contributed by atoms with Crippen LogP contribution >= 0.6 is 0 Å². The van der Waals surface area contributed by atoms with E-state index in [2.05, 4.69) is 5.32 Å². The number of benzene rings is 1.